The van der Waals surface area contributed by atoms with Crippen LogP contribution in [0.25, 0.3) is 17.0 Å². The maximum atomic E-state index is 12.8. The van der Waals surface area contributed by atoms with Crippen molar-refractivity contribution in [3.05, 3.63) is 75.8 Å². The van der Waals surface area contributed by atoms with Crippen LogP contribution in [0.3, 0.4) is 0 Å². The number of fused-ring (bicyclic) bond motifs is 1. The Labute approximate surface area is 175 Å². The molecular formula is C21H15ClN2O4S. The van der Waals surface area contributed by atoms with E-state index in [1.54, 1.807) is 41.1 Å². The molecule has 4 rings (SSSR count). The first-order chi connectivity index (χ1) is 13.9. The molecule has 29 heavy (non-hydrogen) atoms. The molecule has 0 bridgehead atoms. The lowest BCUT2D eigenvalue weighted by Gasteiger charge is -2.12. The van der Waals surface area contributed by atoms with Crippen molar-refractivity contribution >= 4 is 57.5 Å². The van der Waals surface area contributed by atoms with Crippen LogP contribution < -0.4 is 0 Å². The van der Waals surface area contributed by atoms with E-state index < -0.39 is 5.97 Å². The lowest BCUT2D eigenvalue weighted by Crippen LogP contribution is -2.27. The number of thioether (sulfide) groups is 1. The molecule has 1 N–H and O–H groups in total. The fraction of sp³-hybridized carbons (Fsp3) is 0.0952. The van der Waals surface area contributed by atoms with Crippen molar-refractivity contribution in [2.75, 3.05) is 0 Å². The number of para-hydroxylation sites is 1. The minimum Gasteiger partial charge on any atom is -0.480 e. The molecule has 2 heterocycles. The first-order valence-corrected chi connectivity index (χ1v) is 9.91. The number of benzene rings is 2. The van der Waals surface area contributed by atoms with E-state index in [0.29, 0.717) is 15.5 Å². The van der Waals surface area contributed by atoms with Crippen LogP contribution in [0.15, 0.2) is 59.6 Å². The molecule has 0 atom stereocenters. The van der Waals surface area contributed by atoms with Gasteiger partial charge in [-0.15, -0.1) is 0 Å². The summed E-state index contributed by atoms with van der Waals surface area (Å²) in [6, 6.07) is 14.3. The molecule has 0 saturated carbocycles. The summed E-state index contributed by atoms with van der Waals surface area (Å²) in [5.41, 5.74) is 2.25. The molecule has 8 heteroatoms. The third kappa shape index (κ3) is 3.92. The second-order valence-electron chi connectivity index (χ2n) is 6.52. The predicted octanol–water partition coefficient (Wildman–Crippen LogP) is 4.62. The third-order valence-electron chi connectivity index (χ3n) is 4.54. The Kier molecular flexibility index (Phi) is 5.17. The summed E-state index contributed by atoms with van der Waals surface area (Å²) in [4.78, 5) is 37.8. The number of amides is 2. The Balaban J connectivity index is 1.65. The highest BCUT2D eigenvalue weighted by atomic mass is 35.5. The van der Waals surface area contributed by atoms with Crippen LogP contribution in [0.2, 0.25) is 5.02 Å². The van der Waals surface area contributed by atoms with Crippen molar-refractivity contribution in [1.82, 2.24) is 9.47 Å². The second kappa shape index (κ2) is 7.77. The van der Waals surface area contributed by atoms with Crippen LogP contribution in [-0.2, 0) is 22.7 Å². The van der Waals surface area contributed by atoms with E-state index in [2.05, 4.69) is 0 Å². The van der Waals surface area contributed by atoms with E-state index in [1.165, 1.54) is 4.90 Å². The molecule has 2 amide bonds. The summed E-state index contributed by atoms with van der Waals surface area (Å²) in [6.45, 7) is -0.0215. The Morgan fingerprint density at radius 3 is 2.55 bits per heavy atom. The third-order valence-corrected chi connectivity index (χ3v) is 5.70. The van der Waals surface area contributed by atoms with Gasteiger partial charge in [-0.2, -0.15) is 0 Å². The predicted molar refractivity (Wildman–Crippen MR) is 113 cm³/mol. The first-order valence-electron chi connectivity index (χ1n) is 8.72. The summed E-state index contributed by atoms with van der Waals surface area (Å²) >= 11 is 6.76. The standard InChI is InChI=1S/C21H15ClN2O4S/c22-15-7-5-13(6-8-15)10-24-20(27)18(29-21(24)28)9-14-11-23(12-19(25)26)17-4-2-1-3-16(14)17/h1-9,11H,10,12H2,(H,25,26)/b18-9-. The number of imide groups is 1. The second-order valence-corrected chi connectivity index (χ2v) is 7.95. The summed E-state index contributed by atoms with van der Waals surface area (Å²) < 4.78 is 1.61. The number of hydrogen-bond donors (Lipinski definition) is 1. The molecule has 2 aromatic carbocycles. The lowest BCUT2D eigenvalue weighted by molar-refractivity contribution is -0.137. The molecule has 0 radical (unpaired) electrons. The Morgan fingerprint density at radius 1 is 1.10 bits per heavy atom. The van der Waals surface area contributed by atoms with Crippen LogP contribution in [0.1, 0.15) is 11.1 Å². The zero-order valence-electron chi connectivity index (χ0n) is 15.0. The zero-order valence-corrected chi connectivity index (χ0v) is 16.6. The fourth-order valence-corrected chi connectivity index (χ4v) is 4.17. The summed E-state index contributed by atoms with van der Waals surface area (Å²) in [7, 11) is 0. The molecule has 0 spiro atoms. The van der Waals surface area contributed by atoms with Crippen molar-refractivity contribution in [1.29, 1.82) is 0 Å². The maximum absolute atomic E-state index is 12.8. The number of aliphatic carboxylic acids is 1. The van der Waals surface area contributed by atoms with Gasteiger partial charge >= 0.3 is 5.97 Å². The van der Waals surface area contributed by atoms with E-state index >= 15 is 0 Å². The number of rotatable bonds is 5. The van der Waals surface area contributed by atoms with Crippen molar-refractivity contribution in [3.63, 3.8) is 0 Å². The van der Waals surface area contributed by atoms with E-state index in [0.717, 1.165) is 28.2 Å². The molecule has 0 aliphatic carbocycles. The zero-order chi connectivity index (χ0) is 20.5. The minimum atomic E-state index is -0.958. The van der Waals surface area contributed by atoms with Gasteiger partial charge in [0.2, 0.25) is 0 Å². The van der Waals surface area contributed by atoms with E-state index in [4.69, 9.17) is 16.7 Å². The Morgan fingerprint density at radius 2 is 1.83 bits per heavy atom. The Hall–Kier alpha value is -3.03. The smallest absolute Gasteiger partial charge is 0.323 e. The van der Waals surface area contributed by atoms with Crippen molar-refractivity contribution < 1.29 is 19.5 Å². The van der Waals surface area contributed by atoms with Crippen LogP contribution in [-0.4, -0.2) is 31.7 Å². The largest absolute Gasteiger partial charge is 0.480 e. The molecule has 0 unspecified atom stereocenters. The summed E-state index contributed by atoms with van der Waals surface area (Å²) in [6.07, 6.45) is 3.33. The van der Waals surface area contributed by atoms with Gasteiger partial charge in [-0.3, -0.25) is 19.3 Å². The number of halogens is 1. The number of carbonyl (C=O) groups is 3. The number of nitrogens with zero attached hydrogens (tertiary/aromatic N) is 2. The monoisotopic (exact) mass is 426 g/mol. The van der Waals surface area contributed by atoms with Gasteiger partial charge in [0.15, 0.2) is 0 Å². The topological polar surface area (TPSA) is 79.6 Å². The highest BCUT2D eigenvalue weighted by molar-refractivity contribution is 8.18. The number of carboxylic acids is 1. The van der Waals surface area contributed by atoms with Gasteiger partial charge in [0, 0.05) is 27.7 Å². The molecule has 1 aliphatic heterocycles. The molecular weight excluding hydrogens is 412 g/mol. The van der Waals surface area contributed by atoms with Crippen LogP contribution in [0.4, 0.5) is 4.79 Å². The number of aromatic nitrogens is 1. The van der Waals surface area contributed by atoms with Gasteiger partial charge in [-0.25, -0.2) is 0 Å². The lowest BCUT2D eigenvalue weighted by atomic mass is 10.1. The van der Waals surface area contributed by atoms with Gasteiger partial charge in [0.05, 0.1) is 11.4 Å². The van der Waals surface area contributed by atoms with Gasteiger partial charge in [0.1, 0.15) is 6.54 Å². The number of carbonyl (C=O) groups excluding carboxylic acids is 2. The first kappa shape index (κ1) is 19.3. The molecule has 146 valence electrons. The minimum absolute atomic E-state index is 0.167. The van der Waals surface area contributed by atoms with E-state index in [1.807, 2.05) is 24.3 Å². The molecule has 1 saturated heterocycles. The normalized spacial score (nSPS) is 15.6. The quantitative estimate of drug-likeness (QED) is 0.602. The molecule has 1 fully saturated rings. The van der Waals surface area contributed by atoms with E-state index in [9.17, 15) is 14.4 Å². The van der Waals surface area contributed by atoms with Crippen LogP contribution >= 0.6 is 23.4 Å². The van der Waals surface area contributed by atoms with Crippen molar-refractivity contribution in [3.8, 4) is 0 Å². The number of hydrogen-bond acceptors (Lipinski definition) is 4. The number of carboxylic acid groups (broad SMARTS) is 1. The maximum Gasteiger partial charge on any atom is 0.323 e. The van der Waals surface area contributed by atoms with Crippen molar-refractivity contribution in [2.24, 2.45) is 0 Å². The summed E-state index contributed by atoms with van der Waals surface area (Å²) in [5, 5.41) is 10.2. The van der Waals surface area contributed by atoms with E-state index in [-0.39, 0.29) is 24.2 Å². The highest BCUT2D eigenvalue weighted by Crippen LogP contribution is 2.35. The molecule has 1 aromatic heterocycles. The van der Waals surface area contributed by atoms with Crippen LogP contribution in [0.5, 0.6) is 0 Å². The Bertz CT molecular complexity index is 1170. The highest BCUT2D eigenvalue weighted by Gasteiger charge is 2.35. The summed E-state index contributed by atoms with van der Waals surface area (Å²) in [5.74, 6) is -1.33. The van der Waals surface area contributed by atoms with Gasteiger partial charge in [0.25, 0.3) is 11.1 Å². The average molecular weight is 427 g/mol. The molecule has 3 aromatic rings. The van der Waals surface area contributed by atoms with Gasteiger partial charge in [-0.1, -0.05) is 41.9 Å². The van der Waals surface area contributed by atoms with Gasteiger partial charge in [-0.05, 0) is 41.6 Å². The van der Waals surface area contributed by atoms with Crippen molar-refractivity contribution in [2.45, 2.75) is 13.1 Å². The van der Waals surface area contributed by atoms with Crippen LogP contribution in [0, 0.1) is 0 Å². The van der Waals surface area contributed by atoms with Gasteiger partial charge < -0.3 is 9.67 Å². The average Bonchev–Trinajstić information content (AvgIpc) is 3.16. The fourth-order valence-electron chi connectivity index (χ4n) is 3.22. The SMILES string of the molecule is O=C(O)Cn1cc(/C=C2\SC(=O)N(Cc3ccc(Cl)cc3)C2=O)c2ccccc21. The molecule has 6 nitrogen and oxygen atoms in total. The molecule has 1 aliphatic rings.